The second-order valence-corrected chi connectivity index (χ2v) is 5.38. The number of amides is 1. The van der Waals surface area contributed by atoms with Crippen molar-refractivity contribution in [3.63, 3.8) is 0 Å². The Balaban J connectivity index is 2.09. The Kier molecular flexibility index (Phi) is 5.24. The fourth-order valence-corrected chi connectivity index (χ4v) is 2.19. The molecule has 8 heteroatoms. The van der Waals surface area contributed by atoms with Gasteiger partial charge in [0.2, 0.25) is 5.91 Å². The highest BCUT2D eigenvalue weighted by atomic mass is 19.4. The molecule has 1 aromatic heterocycles. The molecule has 5 nitrogen and oxygen atoms in total. The summed E-state index contributed by atoms with van der Waals surface area (Å²) in [5, 5.41) is 11.7. The number of halogens is 3. The number of rotatable bonds is 5. The molecule has 2 aromatic rings. The van der Waals surface area contributed by atoms with Crippen LogP contribution >= 0.6 is 0 Å². The monoisotopic (exact) mass is 336 g/mol. The van der Waals surface area contributed by atoms with Gasteiger partial charge in [-0.1, -0.05) is 19.1 Å². The van der Waals surface area contributed by atoms with E-state index in [0.717, 1.165) is 17.8 Å². The van der Waals surface area contributed by atoms with E-state index in [2.05, 4.69) is 15.3 Å². The summed E-state index contributed by atoms with van der Waals surface area (Å²) >= 11 is 0. The van der Waals surface area contributed by atoms with Crippen LogP contribution in [0.3, 0.4) is 0 Å². The molecule has 0 aliphatic heterocycles. The lowest BCUT2D eigenvalue weighted by atomic mass is 10.0. The first kappa shape index (κ1) is 17.5. The van der Waals surface area contributed by atoms with Crippen LogP contribution < -0.4 is 5.32 Å². The molecule has 1 aromatic carbocycles. The van der Waals surface area contributed by atoms with Gasteiger partial charge in [-0.25, -0.2) is 4.98 Å². The highest BCUT2D eigenvalue weighted by Gasteiger charge is 2.31. The van der Waals surface area contributed by atoms with Crippen LogP contribution in [0.2, 0.25) is 0 Å². The number of benzene rings is 1. The third kappa shape index (κ3) is 4.35. The lowest BCUT2D eigenvalue weighted by Crippen LogP contribution is -2.33. The van der Waals surface area contributed by atoms with Crippen molar-refractivity contribution < 1.29 is 18.0 Å². The van der Waals surface area contributed by atoms with Crippen LogP contribution in [0.4, 0.5) is 13.2 Å². The van der Waals surface area contributed by atoms with Crippen LogP contribution in [0.5, 0.6) is 0 Å². The summed E-state index contributed by atoms with van der Waals surface area (Å²) in [5.41, 5.74) is -0.0142. The van der Waals surface area contributed by atoms with Crippen molar-refractivity contribution in [2.24, 2.45) is 5.92 Å². The molecule has 0 saturated heterocycles. The molecule has 0 aliphatic carbocycles. The minimum Gasteiger partial charge on any atom is -0.348 e. The summed E-state index contributed by atoms with van der Waals surface area (Å²) in [7, 11) is 0. The summed E-state index contributed by atoms with van der Waals surface area (Å²) in [6, 6.07) is 5.05. The number of nitrogens with one attached hydrogen (secondary N) is 2. The zero-order valence-corrected chi connectivity index (χ0v) is 12.8. The van der Waals surface area contributed by atoms with Gasteiger partial charge in [-0.05, 0) is 17.7 Å². The molecular weight excluding hydrogens is 321 g/mol. The van der Waals surface area contributed by atoms with E-state index in [1.54, 1.807) is 13.1 Å². The topological polar surface area (TPSA) is 81.6 Å². The third-order valence-corrected chi connectivity index (χ3v) is 3.49. The zero-order valence-electron chi connectivity index (χ0n) is 12.8. The maximum atomic E-state index is 12.8. The van der Waals surface area contributed by atoms with Crippen molar-refractivity contribution in [1.82, 2.24) is 15.3 Å². The normalized spacial score (nSPS) is 13.8. The number of nitrogens with zero attached hydrogens (tertiary/aromatic N) is 2. The Hall–Kier alpha value is -2.82. The van der Waals surface area contributed by atoms with Crippen molar-refractivity contribution >= 4 is 5.91 Å². The van der Waals surface area contributed by atoms with Gasteiger partial charge >= 0.3 is 6.18 Å². The van der Waals surface area contributed by atoms with Crippen LogP contribution in [-0.4, -0.2) is 15.9 Å². The number of hydrogen-bond donors (Lipinski definition) is 2. The Morgan fingerprint density at radius 2 is 2.21 bits per heavy atom. The summed E-state index contributed by atoms with van der Waals surface area (Å²) in [5.74, 6) is -0.888. The van der Waals surface area contributed by atoms with E-state index in [1.165, 1.54) is 18.5 Å². The maximum absolute atomic E-state index is 12.8. The first-order valence-corrected chi connectivity index (χ1v) is 7.15. The quantitative estimate of drug-likeness (QED) is 0.881. The predicted octanol–water partition coefficient (Wildman–Crippen LogP) is 2.99. The minimum absolute atomic E-state index is 0.0921. The van der Waals surface area contributed by atoms with Gasteiger partial charge in [0.25, 0.3) is 0 Å². The average molecular weight is 336 g/mol. The van der Waals surface area contributed by atoms with Crippen LogP contribution in [0.1, 0.15) is 29.8 Å². The molecule has 0 fully saturated rings. The lowest BCUT2D eigenvalue weighted by Gasteiger charge is -2.17. The van der Waals surface area contributed by atoms with Gasteiger partial charge in [0.15, 0.2) is 0 Å². The lowest BCUT2D eigenvalue weighted by molar-refractivity contribution is -0.137. The maximum Gasteiger partial charge on any atom is 0.416 e. The predicted molar refractivity (Wildman–Crippen MR) is 79.4 cm³/mol. The fourth-order valence-electron chi connectivity index (χ4n) is 2.19. The first-order valence-electron chi connectivity index (χ1n) is 7.15. The van der Waals surface area contributed by atoms with Crippen molar-refractivity contribution in [1.29, 1.82) is 5.26 Å². The molecule has 24 heavy (non-hydrogen) atoms. The van der Waals surface area contributed by atoms with Crippen molar-refractivity contribution in [2.45, 2.75) is 25.6 Å². The summed E-state index contributed by atoms with van der Waals surface area (Å²) < 4.78 is 38.3. The van der Waals surface area contributed by atoms with Gasteiger partial charge in [-0.15, -0.1) is 0 Å². The van der Waals surface area contributed by atoms with Crippen LogP contribution in [-0.2, 0) is 17.4 Å². The van der Waals surface area contributed by atoms with Gasteiger partial charge in [0, 0.05) is 24.2 Å². The Morgan fingerprint density at radius 3 is 2.79 bits per heavy atom. The summed E-state index contributed by atoms with van der Waals surface area (Å²) in [4.78, 5) is 18.9. The molecule has 0 bridgehead atoms. The van der Waals surface area contributed by atoms with Crippen LogP contribution in [0.15, 0.2) is 36.8 Å². The van der Waals surface area contributed by atoms with E-state index in [1.807, 2.05) is 6.07 Å². The summed E-state index contributed by atoms with van der Waals surface area (Å²) in [6.45, 7) is 1.66. The second kappa shape index (κ2) is 7.17. The van der Waals surface area contributed by atoms with Crippen molar-refractivity contribution in [3.8, 4) is 6.07 Å². The Labute approximate surface area is 136 Å². The van der Waals surface area contributed by atoms with Gasteiger partial charge < -0.3 is 10.3 Å². The largest absolute Gasteiger partial charge is 0.416 e. The number of aromatic nitrogens is 2. The number of aromatic amines is 1. The third-order valence-electron chi connectivity index (χ3n) is 3.49. The first-order chi connectivity index (χ1) is 11.3. The van der Waals surface area contributed by atoms with Crippen LogP contribution in [0, 0.1) is 17.2 Å². The summed E-state index contributed by atoms with van der Waals surface area (Å²) in [6.07, 6.45) is -1.06. The van der Waals surface area contributed by atoms with E-state index in [9.17, 15) is 23.2 Å². The molecule has 126 valence electrons. The number of nitriles is 1. The average Bonchev–Trinajstić information content (AvgIpc) is 3.04. The molecule has 0 spiro atoms. The molecule has 0 saturated carbocycles. The molecule has 2 atom stereocenters. The van der Waals surface area contributed by atoms with E-state index < -0.39 is 29.6 Å². The standard InChI is InChI=1S/C16H15F3N4O/c1-10(5-13-8-21-9-22-13)15(24)23-14(7-20)11-3-2-4-12(6-11)16(17,18)19/h2-4,6,8-10,14H,5H2,1H3,(H,21,22)(H,23,24). The Bertz CT molecular complexity index is 735. The SMILES string of the molecule is CC(Cc1cnc[nH]1)C(=O)NC(C#N)c1cccc(C(F)(F)F)c1. The highest BCUT2D eigenvalue weighted by molar-refractivity contribution is 5.79. The molecule has 0 aliphatic rings. The molecule has 1 heterocycles. The molecule has 0 radical (unpaired) electrons. The number of carbonyl (C=O) groups excluding carboxylic acids is 1. The second-order valence-electron chi connectivity index (χ2n) is 5.38. The molecule has 1 amide bonds. The minimum atomic E-state index is -4.51. The number of imidazole rings is 1. The smallest absolute Gasteiger partial charge is 0.348 e. The van der Waals surface area contributed by atoms with E-state index >= 15 is 0 Å². The molecule has 2 unspecified atom stereocenters. The number of H-pyrrole nitrogens is 1. The van der Waals surface area contributed by atoms with Crippen LogP contribution in [0.25, 0.3) is 0 Å². The number of alkyl halides is 3. The van der Waals surface area contributed by atoms with E-state index in [-0.39, 0.29) is 5.56 Å². The fraction of sp³-hybridized carbons (Fsp3) is 0.312. The van der Waals surface area contributed by atoms with Gasteiger partial charge in [0.05, 0.1) is 18.0 Å². The molecule has 2 N–H and O–H groups in total. The Morgan fingerprint density at radius 1 is 1.46 bits per heavy atom. The van der Waals surface area contributed by atoms with Crippen molar-refractivity contribution in [2.75, 3.05) is 0 Å². The van der Waals surface area contributed by atoms with E-state index in [0.29, 0.717) is 6.42 Å². The number of hydrogen-bond acceptors (Lipinski definition) is 3. The van der Waals surface area contributed by atoms with Crippen molar-refractivity contribution in [3.05, 3.63) is 53.6 Å². The molecule has 2 rings (SSSR count). The van der Waals surface area contributed by atoms with Gasteiger partial charge in [-0.2, -0.15) is 18.4 Å². The zero-order chi connectivity index (χ0) is 17.7. The van der Waals surface area contributed by atoms with E-state index in [4.69, 9.17) is 0 Å². The van der Waals surface area contributed by atoms with Gasteiger partial charge in [-0.3, -0.25) is 4.79 Å². The molecular formula is C16H15F3N4O. The van der Waals surface area contributed by atoms with Gasteiger partial charge in [0.1, 0.15) is 6.04 Å². The number of carbonyl (C=O) groups is 1. The highest BCUT2D eigenvalue weighted by Crippen LogP contribution is 2.30.